The van der Waals surface area contributed by atoms with Crippen molar-refractivity contribution in [1.82, 2.24) is 14.8 Å². The molecule has 1 aliphatic heterocycles. The smallest absolute Gasteiger partial charge is 0.219 e. The zero-order chi connectivity index (χ0) is 14.8. The van der Waals surface area contributed by atoms with E-state index >= 15 is 0 Å². The molecule has 0 spiro atoms. The van der Waals surface area contributed by atoms with Crippen LogP contribution in [0.1, 0.15) is 16.8 Å². The van der Waals surface area contributed by atoms with Gasteiger partial charge >= 0.3 is 0 Å². The molecule has 6 heteroatoms. The molecular formula is C15H19N3OS2. The van der Waals surface area contributed by atoms with Crippen LogP contribution in [0.3, 0.4) is 0 Å². The van der Waals surface area contributed by atoms with Crippen molar-refractivity contribution in [3.8, 4) is 10.6 Å². The van der Waals surface area contributed by atoms with E-state index in [2.05, 4.69) is 29.3 Å². The lowest BCUT2D eigenvalue weighted by Gasteiger charge is -2.33. The van der Waals surface area contributed by atoms with Crippen LogP contribution in [0, 0.1) is 6.92 Å². The summed E-state index contributed by atoms with van der Waals surface area (Å²) in [5.41, 5.74) is 1.09. The lowest BCUT2D eigenvalue weighted by Crippen LogP contribution is -2.47. The third-order valence-electron chi connectivity index (χ3n) is 3.72. The molecule has 4 nitrogen and oxygen atoms in total. The van der Waals surface area contributed by atoms with E-state index in [4.69, 9.17) is 4.98 Å². The van der Waals surface area contributed by atoms with E-state index in [-0.39, 0.29) is 5.91 Å². The minimum atomic E-state index is 0.180. The molecule has 112 valence electrons. The second kappa shape index (κ2) is 6.25. The highest BCUT2D eigenvalue weighted by atomic mass is 32.1. The molecular weight excluding hydrogens is 302 g/mol. The predicted octanol–water partition coefficient (Wildman–Crippen LogP) is 2.84. The summed E-state index contributed by atoms with van der Waals surface area (Å²) in [6.45, 7) is 8.19. The van der Waals surface area contributed by atoms with Gasteiger partial charge in [0.05, 0.1) is 17.1 Å². The lowest BCUT2D eigenvalue weighted by molar-refractivity contribution is -0.130. The number of aryl methyl sites for hydroxylation is 1. The van der Waals surface area contributed by atoms with Crippen molar-refractivity contribution in [3.05, 3.63) is 27.4 Å². The SMILES string of the molecule is CC(=O)N1CCN(Cc2nc(-c3ccc(C)s3)cs2)CC1. The Morgan fingerprint density at radius 3 is 2.67 bits per heavy atom. The fraction of sp³-hybridized carbons (Fsp3) is 0.467. The van der Waals surface area contributed by atoms with Crippen LogP contribution in [0.5, 0.6) is 0 Å². The monoisotopic (exact) mass is 321 g/mol. The molecule has 21 heavy (non-hydrogen) atoms. The second-order valence-corrected chi connectivity index (χ2v) is 7.55. The molecule has 0 atom stereocenters. The first-order valence-corrected chi connectivity index (χ1v) is 8.80. The maximum atomic E-state index is 11.3. The van der Waals surface area contributed by atoms with Crippen molar-refractivity contribution in [2.75, 3.05) is 26.2 Å². The number of hydrogen-bond donors (Lipinski definition) is 0. The summed E-state index contributed by atoms with van der Waals surface area (Å²) >= 11 is 3.52. The van der Waals surface area contributed by atoms with Crippen LogP contribution < -0.4 is 0 Å². The Morgan fingerprint density at radius 2 is 2.05 bits per heavy atom. The Labute approximate surface area is 133 Å². The molecule has 0 unspecified atom stereocenters. The van der Waals surface area contributed by atoms with E-state index in [1.807, 2.05) is 4.90 Å². The zero-order valence-corrected chi connectivity index (χ0v) is 14.0. The normalized spacial score (nSPS) is 16.4. The maximum absolute atomic E-state index is 11.3. The topological polar surface area (TPSA) is 36.4 Å². The summed E-state index contributed by atoms with van der Waals surface area (Å²) in [6.07, 6.45) is 0. The number of amides is 1. The maximum Gasteiger partial charge on any atom is 0.219 e. The van der Waals surface area contributed by atoms with Gasteiger partial charge in [-0.25, -0.2) is 4.98 Å². The molecule has 0 N–H and O–H groups in total. The average Bonchev–Trinajstić information content (AvgIpc) is 3.08. The van der Waals surface area contributed by atoms with E-state index < -0.39 is 0 Å². The molecule has 1 aliphatic rings. The van der Waals surface area contributed by atoms with E-state index in [1.54, 1.807) is 29.6 Å². The average molecular weight is 321 g/mol. The molecule has 1 amide bonds. The fourth-order valence-electron chi connectivity index (χ4n) is 2.48. The molecule has 0 radical (unpaired) electrons. The molecule has 1 saturated heterocycles. The van der Waals surface area contributed by atoms with Gasteiger partial charge in [0.1, 0.15) is 5.01 Å². The van der Waals surface area contributed by atoms with E-state index in [9.17, 15) is 4.79 Å². The Bertz CT molecular complexity index is 626. The molecule has 0 bridgehead atoms. The van der Waals surface area contributed by atoms with Crippen molar-refractivity contribution in [2.45, 2.75) is 20.4 Å². The lowest BCUT2D eigenvalue weighted by atomic mass is 10.3. The summed E-state index contributed by atoms with van der Waals surface area (Å²) in [4.78, 5) is 22.9. The van der Waals surface area contributed by atoms with Crippen molar-refractivity contribution in [3.63, 3.8) is 0 Å². The van der Waals surface area contributed by atoms with Gasteiger partial charge in [0.25, 0.3) is 0 Å². The number of carbonyl (C=O) groups is 1. The Kier molecular flexibility index (Phi) is 4.37. The Morgan fingerprint density at radius 1 is 1.29 bits per heavy atom. The van der Waals surface area contributed by atoms with Crippen molar-refractivity contribution in [1.29, 1.82) is 0 Å². The van der Waals surface area contributed by atoms with Crippen molar-refractivity contribution in [2.24, 2.45) is 0 Å². The first-order chi connectivity index (χ1) is 10.1. The van der Waals surface area contributed by atoms with Crippen molar-refractivity contribution < 1.29 is 4.79 Å². The molecule has 3 rings (SSSR count). The van der Waals surface area contributed by atoms with Gasteiger partial charge in [-0.1, -0.05) is 0 Å². The highest BCUT2D eigenvalue weighted by Crippen LogP contribution is 2.29. The number of carbonyl (C=O) groups excluding carboxylic acids is 1. The third-order valence-corrected chi connectivity index (χ3v) is 5.58. The summed E-state index contributed by atoms with van der Waals surface area (Å²) in [5, 5.41) is 3.30. The number of piperazine rings is 1. The Hall–Kier alpha value is -1.24. The van der Waals surface area contributed by atoms with Gasteiger partial charge in [-0.15, -0.1) is 22.7 Å². The quantitative estimate of drug-likeness (QED) is 0.872. The largest absolute Gasteiger partial charge is 0.340 e. The van der Waals surface area contributed by atoms with Crippen LogP contribution in [-0.4, -0.2) is 46.9 Å². The first kappa shape index (κ1) is 14.7. The standard InChI is InChI=1S/C15H19N3OS2/c1-11-3-4-14(21-11)13-10-20-15(16-13)9-17-5-7-18(8-6-17)12(2)19/h3-4,10H,5-9H2,1-2H3. The zero-order valence-electron chi connectivity index (χ0n) is 12.3. The van der Waals surface area contributed by atoms with Crippen LogP contribution in [0.15, 0.2) is 17.5 Å². The van der Waals surface area contributed by atoms with Gasteiger partial charge in [0.15, 0.2) is 0 Å². The van der Waals surface area contributed by atoms with Crippen LogP contribution in [0.25, 0.3) is 10.6 Å². The fourth-order valence-corrected chi connectivity index (χ4v) is 4.22. The highest BCUT2D eigenvalue weighted by molar-refractivity contribution is 7.16. The van der Waals surface area contributed by atoms with Gasteiger partial charge in [-0.2, -0.15) is 0 Å². The number of rotatable bonds is 3. The summed E-state index contributed by atoms with van der Waals surface area (Å²) in [6, 6.07) is 4.28. The molecule has 0 saturated carbocycles. The molecule has 2 aromatic heterocycles. The van der Waals surface area contributed by atoms with Gasteiger partial charge in [-0.05, 0) is 19.1 Å². The Balaban J connectivity index is 1.59. The minimum Gasteiger partial charge on any atom is -0.340 e. The van der Waals surface area contributed by atoms with Crippen molar-refractivity contribution >= 4 is 28.6 Å². The molecule has 1 fully saturated rings. The van der Waals surface area contributed by atoms with Crippen LogP contribution in [-0.2, 0) is 11.3 Å². The van der Waals surface area contributed by atoms with Gasteiger partial charge in [0.2, 0.25) is 5.91 Å². The predicted molar refractivity (Wildman–Crippen MR) is 87.7 cm³/mol. The number of hydrogen-bond acceptors (Lipinski definition) is 5. The minimum absolute atomic E-state index is 0.180. The van der Waals surface area contributed by atoms with Crippen LogP contribution in [0.2, 0.25) is 0 Å². The summed E-state index contributed by atoms with van der Waals surface area (Å²) < 4.78 is 0. The summed E-state index contributed by atoms with van der Waals surface area (Å²) in [5.74, 6) is 0.180. The highest BCUT2D eigenvalue weighted by Gasteiger charge is 2.19. The van der Waals surface area contributed by atoms with Crippen LogP contribution in [0.4, 0.5) is 0 Å². The summed E-state index contributed by atoms with van der Waals surface area (Å²) in [7, 11) is 0. The van der Waals surface area contributed by atoms with E-state index in [0.29, 0.717) is 0 Å². The third kappa shape index (κ3) is 3.51. The first-order valence-electron chi connectivity index (χ1n) is 7.11. The molecule has 2 aromatic rings. The second-order valence-electron chi connectivity index (χ2n) is 5.32. The van der Waals surface area contributed by atoms with Gasteiger partial charge in [0, 0.05) is 43.4 Å². The number of thiophene rings is 1. The van der Waals surface area contributed by atoms with Gasteiger partial charge in [-0.3, -0.25) is 9.69 Å². The number of nitrogens with zero attached hydrogens (tertiary/aromatic N) is 3. The van der Waals surface area contributed by atoms with Crippen LogP contribution >= 0.6 is 22.7 Å². The molecule has 0 aliphatic carbocycles. The molecule has 3 heterocycles. The number of aromatic nitrogens is 1. The number of thiazole rings is 1. The van der Waals surface area contributed by atoms with E-state index in [1.165, 1.54) is 9.75 Å². The van der Waals surface area contributed by atoms with E-state index in [0.717, 1.165) is 43.4 Å². The van der Waals surface area contributed by atoms with Gasteiger partial charge < -0.3 is 4.90 Å². The molecule has 0 aromatic carbocycles.